The Morgan fingerprint density at radius 3 is 2.67 bits per heavy atom. The average Bonchev–Trinajstić information content (AvgIpc) is 2.80. The summed E-state index contributed by atoms with van der Waals surface area (Å²) in [6, 6.07) is 7.62. The van der Waals surface area contributed by atoms with Gasteiger partial charge in [-0.3, -0.25) is 9.69 Å². The van der Waals surface area contributed by atoms with Crippen LogP contribution in [0, 0.1) is 0 Å². The van der Waals surface area contributed by atoms with Gasteiger partial charge >= 0.3 is 0 Å². The number of carbonyl (C=O) groups is 1. The first-order valence-corrected chi connectivity index (χ1v) is 11.6. The molecule has 2 aliphatic carbocycles. The predicted molar refractivity (Wildman–Crippen MR) is 118 cm³/mol. The first-order chi connectivity index (χ1) is 14.8. The van der Waals surface area contributed by atoms with Crippen molar-refractivity contribution >= 4 is 22.5 Å². The van der Waals surface area contributed by atoms with E-state index >= 15 is 0 Å². The van der Waals surface area contributed by atoms with E-state index in [1.54, 1.807) is 6.33 Å². The Morgan fingerprint density at radius 2 is 1.87 bits per heavy atom. The number of anilines is 1. The normalized spacial score (nSPS) is 28.5. The lowest BCUT2D eigenvalue weighted by Gasteiger charge is -2.39. The largest absolute Gasteiger partial charge is 0.379 e. The number of fused-ring (bicyclic) bond motifs is 1. The fourth-order valence-corrected chi connectivity index (χ4v) is 5.47. The van der Waals surface area contributed by atoms with E-state index in [9.17, 15) is 4.79 Å². The number of carbonyl (C=O) groups excluding carboxylic acids is 1. The average molecular weight is 409 g/mol. The number of hydrogen-bond donors (Lipinski definition) is 1. The molecule has 160 valence electrons. The summed E-state index contributed by atoms with van der Waals surface area (Å²) in [5.41, 5.74) is 2.23. The van der Waals surface area contributed by atoms with Crippen molar-refractivity contribution in [3.05, 3.63) is 30.1 Å². The molecular weight excluding hydrogens is 376 g/mol. The summed E-state index contributed by atoms with van der Waals surface area (Å²) in [7, 11) is 0. The minimum absolute atomic E-state index is 0.340. The van der Waals surface area contributed by atoms with Crippen LogP contribution in [0.1, 0.15) is 62.8 Å². The highest BCUT2D eigenvalue weighted by molar-refractivity contribution is 5.90. The molecule has 6 nitrogen and oxygen atoms in total. The zero-order chi connectivity index (χ0) is 20.3. The third-order valence-electron chi connectivity index (χ3n) is 7.21. The van der Waals surface area contributed by atoms with Crippen molar-refractivity contribution in [2.75, 3.05) is 31.6 Å². The van der Waals surface area contributed by atoms with Gasteiger partial charge in [0.05, 0.1) is 18.7 Å². The lowest BCUT2D eigenvalue weighted by atomic mass is 9.83. The summed E-state index contributed by atoms with van der Waals surface area (Å²) in [4.78, 5) is 23.6. The van der Waals surface area contributed by atoms with Crippen LogP contribution >= 0.6 is 0 Å². The number of hydrogen-bond acceptors (Lipinski definition) is 6. The molecule has 0 radical (unpaired) electrons. The van der Waals surface area contributed by atoms with Crippen molar-refractivity contribution in [2.24, 2.45) is 0 Å². The summed E-state index contributed by atoms with van der Waals surface area (Å²) in [5, 5.41) is 4.81. The summed E-state index contributed by atoms with van der Waals surface area (Å²) < 4.78 is 5.50. The van der Waals surface area contributed by atoms with Gasteiger partial charge in [0.15, 0.2) is 0 Å². The molecule has 1 aromatic heterocycles. The van der Waals surface area contributed by atoms with Crippen molar-refractivity contribution in [1.29, 1.82) is 0 Å². The van der Waals surface area contributed by atoms with E-state index < -0.39 is 0 Å². The van der Waals surface area contributed by atoms with Crippen LogP contribution in [0.5, 0.6) is 0 Å². The maximum Gasteiger partial charge on any atom is 0.137 e. The predicted octanol–water partition coefficient (Wildman–Crippen LogP) is 3.91. The molecule has 30 heavy (non-hydrogen) atoms. The molecule has 0 amide bonds. The molecule has 5 rings (SSSR count). The van der Waals surface area contributed by atoms with Crippen LogP contribution in [0.15, 0.2) is 24.5 Å². The molecule has 6 heteroatoms. The Morgan fingerprint density at radius 1 is 1.03 bits per heavy atom. The third kappa shape index (κ3) is 4.35. The van der Waals surface area contributed by atoms with Crippen LogP contribution in [0.2, 0.25) is 0 Å². The maximum atomic E-state index is 11.9. The lowest BCUT2D eigenvalue weighted by molar-refractivity contribution is -0.120. The van der Waals surface area contributed by atoms with Crippen molar-refractivity contribution in [3.8, 4) is 0 Å². The van der Waals surface area contributed by atoms with Gasteiger partial charge in [-0.15, -0.1) is 0 Å². The Hall–Kier alpha value is -2.05. The van der Waals surface area contributed by atoms with Crippen molar-refractivity contribution in [3.63, 3.8) is 0 Å². The first kappa shape index (κ1) is 19.9. The molecule has 0 spiro atoms. The molecule has 2 saturated carbocycles. The zero-order valence-electron chi connectivity index (χ0n) is 17.7. The number of nitrogens with zero attached hydrogens (tertiary/aromatic N) is 3. The summed E-state index contributed by atoms with van der Waals surface area (Å²) in [6.45, 7) is 3.90. The molecule has 1 unspecified atom stereocenters. The molecular formula is C24H32N4O2. The van der Waals surface area contributed by atoms with Crippen LogP contribution in [-0.4, -0.2) is 59.0 Å². The molecule has 3 aliphatic rings. The number of benzene rings is 1. The van der Waals surface area contributed by atoms with E-state index in [-0.39, 0.29) is 0 Å². The molecule has 1 aromatic carbocycles. The quantitative estimate of drug-likeness (QED) is 0.827. The number of ether oxygens (including phenoxy) is 1. The fraction of sp³-hybridized carbons (Fsp3) is 0.625. The monoisotopic (exact) mass is 408 g/mol. The maximum absolute atomic E-state index is 11.9. The van der Waals surface area contributed by atoms with Crippen LogP contribution < -0.4 is 5.32 Å². The second kappa shape index (κ2) is 8.98. The topological polar surface area (TPSA) is 67.4 Å². The minimum Gasteiger partial charge on any atom is -0.379 e. The van der Waals surface area contributed by atoms with E-state index in [2.05, 4.69) is 38.4 Å². The Balaban J connectivity index is 1.28. The van der Waals surface area contributed by atoms with Gasteiger partial charge < -0.3 is 10.1 Å². The van der Waals surface area contributed by atoms with Gasteiger partial charge in [-0.25, -0.2) is 9.97 Å². The minimum atomic E-state index is 0.340. The highest BCUT2D eigenvalue weighted by Gasteiger charge is 2.27. The Bertz CT molecular complexity index is 888. The lowest BCUT2D eigenvalue weighted by Crippen LogP contribution is -2.46. The summed E-state index contributed by atoms with van der Waals surface area (Å²) >= 11 is 0. The summed E-state index contributed by atoms with van der Waals surface area (Å²) in [6.07, 6.45) is 9.99. The number of Topliss-reactive ketones (excluding diaryl/α,β-unsaturated/α-hetero) is 1. The zero-order valence-corrected chi connectivity index (χ0v) is 17.7. The second-order valence-corrected chi connectivity index (χ2v) is 9.13. The molecule has 2 heterocycles. The highest BCUT2D eigenvalue weighted by atomic mass is 16.5. The van der Waals surface area contributed by atoms with Crippen LogP contribution in [0.4, 0.5) is 5.82 Å². The molecule has 0 bridgehead atoms. The van der Waals surface area contributed by atoms with Crippen LogP contribution in [0.25, 0.3) is 10.9 Å². The van der Waals surface area contributed by atoms with Gasteiger partial charge in [0.2, 0.25) is 0 Å². The van der Waals surface area contributed by atoms with Gasteiger partial charge in [-0.1, -0.05) is 6.07 Å². The SMILES string of the molecule is O=C1CCCC(c2ccc3ncnc(N[C@H]4CC[C@H](N5CCOCC5)CC4)c3c2)C1. The smallest absolute Gasteiger partial charge is 0.137 e. The first-order valence-electron chi connectivity index (χ1n) is 11.6. The van der Waals surface area contributed by atoms with E-state index in [1.165, 1.54) is 31.2 Å². The Labute approximate surface area is 178 Å². The summed E-state index contributed by atoms with van der Waals surface area (Å²) in [5.74, 6) is 1.68. The number of nitrogens with one attached hydrogen (secondary N) is 1. The van der Waals surface area contributed by atoms with E-state index in [0.717, 1.165) is 62.3 Å². The Kier molecular flexibility index (Phi) is 5.95. The number of aromatic nitrogens is 2. The molecule has 2 aromatic rings. The van der Waals surface area contributed by atoms with Crippen LogP contribution in [-0.2, 0) is 9.53 Å². The van der Waals surface area contributed by atoms with Crippen LogP contribution in [0.3, 0.4) is 0 Å². The third-order valence-corrected chi connectivity index (χ3v) is 7.21. The van der Waals surface area contributed by atoms with E-state index in [1.807, 2.05) is 0 Å². The van der Waals surface area contributed by atoms with Gasteiger partial charge in [-0.2, -0.15) is 0 Å². The van der Waals surface area contributed by atoms with E-state index in [4.69, 9.17) is 4.74 Å². The second-order valence-electron chi connectivity index (χ2n) is 9.13. The number of rotatable bonds is 4. The molecule has 3 fully saturated rings. The van der Waals surface area contributed by atoms with Crippen molar-refractivity contribution in [1.82, 2.24) is 14.9 Å². The molecule has 1 saturated heterocycles. The van der Waals surface area contributed by atoms with Gasteiger partial charge in [0, 0.05) is 43.4 Å². The fourth-order valence-electron chi connectivity index (χ4n) is 5.47. The number of ketones is 1. The van der Waals surface area contributed by atoms with Gasteiger partial charge in [0.1, 0.15) is 17.9 Å². The standard InChI is InChI=1S/C24H32N4O2/c29-21-3-1-2-17(14-21)18-4-9-23-22(15-18)24(26-16-25-23)27-19-5-7-20(8-6-19)28-10-12-30-13-11-28/h4,9,15-17,19-20H,1-3,5-8,10-14H2,(H,25,26,27)/t17?,19-,20-. The van der Waals surface area contributed by atoms with Gasteiger partial charge in [0.25, 0.3) is 0 Å². The molecule has 1 aliphatic heterocycles. The van der Waals surface area contributed by atoms with Crippen molar-refractivity contribution in [2.45, 2.75) is 69.4 Å². The van der Waals surface area contributed by atoms with E-state index in [0.29, 0.717) is 30.2 Å². The van der Waals surface area contributed by atoms with Crippen molar-refractivity contribution < 1.29 is 9.53 Å². The highest BCUT2D eigenvalue weighted by Crippen LogP contribution is 2.34. The molecule has 1 N–H and O–H groups in total. The molecule has 1 atom stereocenters. The number of morpholine rings is 1. The van der Waals surface area contributed by atoms with Gasteiger partial charge in [-0.05, 0) is 62.1 Å².